The van der Waals surface area contributed by atoms with Gasteiger partial charge in [-0.15, -0.1) is 0 Å². The van der Waals surface area contributed by atoms with Crippen molar-refractivity contribution in [2.24, 2.45) is 0 Å². The Morgan fingerprint density at radius 1 is 1.21 bits per heavy atom. The SMILES string of the molecule is C=C(c1cnc2ccc(OC)cc2c1)N1CCC2(CC1)Cc1cn(C(C)(C)C)nc1C(=O)N2. The molecule has 33 heavy (non-hydrogen) atoms. The number of aromatic nitrogens is 3. The fourth-order valence-electron chi connectivity index (χ4n) is 4.87. The molecule has 1 N–H and O–H groups in total. The van der Waals surface area contributed by atoms with Crippen molar-refractivity contribution >= 4 is 22.5 Å². The van der Waals surface area contributed by atoms with Gasteiger partial charge in [0.1, 0.15) is 5.75 Å². The van der Waals surface area contributed by atoms with Crippen LogP contribution in [0.25, 0.3) is 16.6 Å². The van der Waals surface area contributed by atoms with E-state index in [4.69, 9.17) is 4.74 Å². The molecule has 4 heterocycles. The summed E-state index contributed by atoms with van der Waals surface area (Å²) < 4.78 is 7.27. The van der Waals surface area contributed by atoms with Gasteiger partial charge >= 0.3 is 0 Å². The van der Waals surface area contributed by atoms with Gasteiger partial charge in [0.15, 0.2) is 5.69 Å². The minimum absolute atomic E-state index is 0.0563. The molecule has 1 aromatic carbocycles. The normalized spacial score (nSPS) is 17.7. The molecule has 2 aromatic heterocycles. The maximum absolute atomic E-state index is 12.9. The third kappa shape index (κ3) is 3.86. The highest BCUT2D eigenvalue weighted by Gasteiger charge is 2.42. The summed E-state index contributed by atoms with van der Waals surface area (Å²) in [6.45, 7) is 12.3. The lowest BCUT2D eigenvalue weighted by Gasteiger charge is -2.45. The van der Waals surface area contributed by atoms with Crippen molar-refractivity contribution in [3.8, 4) is 5.75 Å². The average molecular weight is 446 g/mol. The molecule has 2 aliphatic heterocycles. The zero-order valence-electron chi connectivity index (χ0n) is 19.8. The number of rotatable bonds is 3. The molecule has 0 radical (unpaired) electrons. The molecular weight excluding hydrogens is 414 g/mol. The van der Waals surface area contributed by atoms with Crippen molar-refractivity contribution in [3.63, 3.8) is 0 Å². The number of pyridine rings is 1. The van der Waals surface area contributed by atoms with Crippen molar-refractivity contribution < 1.29 is 9.53 Å². The third-order valence-corrected chi connectivity index (χ3v) is 6.92. The Bertz CT molecular complexity index is 1250. The number of carbonyl (C=O) groups excluding carboxylic acids is 1. The van der Waals surface area contributed by atoms with Gasteiger partial charge in [-0.1, -0.05) is 6.58 Å². The molecule has 5 rings (SSSR count). The molecule has 0 bridgehead atoms. The molecule has 0 saturated carbocycles. The lowest BCUT2D eigenvalue weighted by atomic mass is 9.79. The van der Waals surface area contributed by atoms with E-state index in [0.717, 1.165) is 65.8 Å². The van der Waals surface area contributed by atoms with Gasteiger partial charge in [0.2, 0.25) is 0 Å². The highest BCUT2D eigenvalue weighted by atomic mass is 16.5. The molecule has 7 heteroatoms. The maximum atomic E-state index is 12.9. The predicted molar refractivity (Wildman–Crippen MR) is 129 cm³/mol. The van der Waals surface area contributed by atoms with Crippen LogP contribution in [0.1, 0.15) is 55.2 Å². The van der Waals surface area contributed by atoms with Crippen LogP contribution in [0.2, 0.25) is 0 Å². The van der Waals surface area contributed by atoms with E-state index >= 15 is 0 Å². The molecule has 1 fully saturated rings. The molecule has 0 aliphatic carbocycles. The van der Waals surface area contributed by atoms with Crippen LogP contribution in [0, 0.1) is 0 Å². The Hall–Kier alpha value is -3.35. The summed E-state index contributed by atoms with van der Waals surface area (Å²) in [7, 11) is 1.67. The number of piperidine rings is 1. The topological polar surface area (TPSA) is 72.3 Å². The van der Waals surface area contributed by atoms with Gasteiger partial charge in [0.05, 0.1) is 18.2 Å². The second-order valence-corrected chi connectivity index (χ2v) is 10.2. The molecule has 7 nitrogen and oxygen atoms in total. The van der Waals surface area contributed by atoms with Gasteiger partial charge in [-0.2, -0.15) is 5.10 Å². The number of amides is 1. The number of benzene rings is 1. The van der Waals surface area contributed by atoms with Gasteiger partial charge in [-0.25, -0.2) is 0 Å². The summed E-state index contributed by atoms with van der Waals surface area (Å²) in [5, 5.41) is 8.89. The lowest BCUT2D eigenvalue weighted by Crippen LogP contribution is -2.58. The molecule has 1 spiro atoms. The highest BCUT2D eigenvalue weighted by Crippen LogP contribution is 2.35. The van der Waals surface area contributed by atoms with Crippen molar-refractivity contribution in [1.82, 2.24) is 25.0 Å². The Balaban J connectivity index is 1.32. The van der Waals surface area contributed by atoms with E-state index in [0.29, 0.717) is 5.69 Å². The summed E-state index contributed by atoms with van der Waals surface area (Å²) in [6, 6.07) is 8.00. The standard InChI is InChI=1S/C26H31N5O2/c1-17(19-12-18-13-21(33-5)6-7-22(18)27-15-19)30-10-8-26(9-11-30)14-20-16-31(25(2,3)4)29-23(20)24(32)28-26/h6-7,12-13,15-16H,1,8-11,14H2,2-5H3,(H,28,32). The first-order valence-corrected chi connectivity index (χ1v) is 11.5. The fourth-order valence-corrected chi connectivity index (χ4v) is 4.87. The number of hydrogen-bond acceptors (Lipinski definition) is 5. The van der Waals surface area contributed by atoms with Crippen LogP contribution in [0.15, 0.2) is 43.2 Å². The summed E-state index contributed by atoms with van der Waals surface area (Å²) in [6.07, 6.45) is 6.49. The first-order chi connectivity index (χ1) is 15.7. The molecule has 2 aliphatic rings. The van der Waals surface area contributed by atoms with Gasteiger partial charge < -0.3 is 15.0 Å². The Labute approximate surface area is 194 Å². The first kappa shape index (κ1) is 21.5. The summed E-state index contributed by atoms with van der Waals surface area (Å²) in [5.74, 6) is 0.758. The van der Waals surface area contributed by atoms with Crippen LogP contribution >= 0.6 is 0 Å². The molecule has 3 aromatic rings. The van der Waals surface area contributed by atoms with E-state index in [2.05, 4.69) is 59.9 Å². The number of nitrogens with one attached hydrogen (secondary N) is 1. The Morgan fingerprint density at radius 3 is 2.67 bits per heavy atom. The number of methoxy groups -OCH3 is 1. The van der Waals surface area contributed by atoms with Gasteiger partial charge in [0.25, 0.3) is 5.91 Å². The number of ether oxygens (including phenoxy) is 1. The second-order valence-electron chi connectivity index (χ2n) is 10.2. The van der Waals surface area contributed by atoms with Crippen LogP contribution in [0.3, 0.4) is 0 Å². The molecule has 0 atom stereocenters. The second kappa shape index (κ2) is 7.61. The zero-order valence-corrected chi connectivity index (χ0v) is 19.8. The van der Waals surface area contributed by atoms with E-state index in [1.807, 2.05) is 29.1 Å². The maximum Gasteiger partial charge on any atom is 0.272 e. The van der Waals surface area contributed by atoms with Crippen molar-refractivity contribution in [2.75, 3.05) is 20.2 Å². The van der Waals surface area contributed by atoms with Crippen molar-refractivity contribution in [1.29, 1.82) is 0 Å². The minimum atomic E-state index is -0.221. The Kier molecular flexibility index (Phi) is 4.96. The molecule has 0 unspecified atom stereocenters. The monoisotopic (exact) mass is 445 g/mol. The predicted octanol–water partition coefficient (Wildman–Crippen LogP) is 3.99. The van der Waals surface area contributed by atoms with Crippen LogP contribution < -0.4 is 10.1 Å². The summed E-state index contributed by atoms with van der Waals surface area (Å²) in [5.41, 5.74) is 4.15. The number of carbonyl (C=O) groups is 1. The van der Waals surface area contributed by atoms with E-state index in [-0.39, 0.29) is 17.0 Å². The first-order valence-electron chi connectivity index (χ1n) is 11.5. The number of likely N-dealkylation sites (tertiary alicyclic amines) is 1. The van der Waals surface area contributed by atoms with Crippen LogP contribution in [-0.4, -0.2) is 51.3 Å². The van der Waals surface area contributed by atoms with Crippen LogP contribution in [-0.2, 0) is 12.0 Å². The van der Waals surface area contributed by atoms with Gasteiger partial charge in [-0.05, 0) is 64.3 Å². The van der Waals surface area contributed by atoms with Crippen molar-refractivity contribution in [2.45, 2.75) is 51.1 Å². The molecule has 172 valence electrons. The summed E-state index contributed by atoms with van der Waals surface area (Å²) >= 11 is 0. The number of nitrogens with zero attached hydrogens (tertiary/aromatic N) is 4. The zero-order chi connectivity index (χ0) is 23.4. The average Bonchev–Trinajstić information content (AvgIpc) is 3.23. The van der Waals surface area contributed by atoms with Crippen LogP contribution in [0.4, 0.5) is 0 Å². The number of hydrogen-bond donors (Lipinski definition) is 1. The molecular formula is C26H31N5O2. The summed E-state index contributed by atoms with van der Waals surface area (Å²) in [4.78, 5) is 19.8. The smallest absolute Gasteiger partial charge is 0.272 e. The lowest BCUT2D eigenvalue weighted by molar-refractivity contribution is 0.0812. The van der Waals surface area contributed by atoms with E-state index < -0.39 is 0 Å². The van der Waals surface area contributed by atoms with E-state index in [1.54, 1.807) is 7.11 Å². The Morgan fingerprint density at radius 2 is 1.97 bits per heavy atom. The van der Waals surface area contributed by atoms with Gasteiger partial charge in [-0.3, -0.25) is 14.5 Å². The van der Waals surface area contributed by atoms with Crippen LogP contribution in [0.5, 0.6) is 5.75 Å². The highest BCUT2D eigenvalue weighted by molar-refractivity contribution is 5.95. The van der Waals surface area contributed by atoms with E-state index in [9.17, 15) is 4.79 Å². The van der Waals surface area contributed by atoms with Gasteiger partial charge in [0, 0.05) is 53.2 Å². The molecule has 1 saturated heterocycles. The van der Waals surface area contributed by atoms with E-state index in [1.165, 1.54) is 0 Å². The fraction of sp³-hybridized carbons (Fsp3) is 0.423. The molecule has 1 amide bonds. The minimum Gasteiger partial charge on any atom is -0.497 e. The quantitative estimate of drug-likeness (QED) is 0.660. The van der Waals surface area contributed by atoms with Crippen molar-refractivity contribution in [3.05, 3.63) is 60.1 Å². The third-order valence-electron chi connectivity index (χ3n) is 6.92. The largest absolute Gasteiger partial charge is 0.497 e. The number of fused-ring (bicyclic) bond motifs is 2.